The molecule has 1 atom stereocenters. The molecule has 2 aromatic rings. The van der Waals surface area contributed by atoms with Gasteiger partial charge in [-0.05, 0) is 45.0 Å². The molecule has 21 heavy (non-hydrogen) atoms. The van der Waals surface area contributed by atoms with Crippen LogP contribution in [0, 0.1) is 13.8 Å². The normalized spacial score (nSPS) is 12.0. The molecule has 3 nitrogen and oxygen atoms in total. The van der Waals surface area contributed by atoms with E-state index < -0.39 is 6.10 Å². The third-order valence-corrected chi connectivity index (χ3v) is 3.43. The molecule has 1 N–H and O–H groups in total. The number of aryl methyl sites for hydroxylation is 2. The van der Waals surface area contributed by atoms with Gasteiger partial charge in [-0.15, -0.1) is 0 Å². The Morgan fingerprint density at radius 3 is 2.24 bits per heavy atom. The predicted octanol–water partition coefficient (Wildman–Crippen LogP) is 3.94. The topological polar surface area (TPSA) is 38.7 Å². The summed E-state index contributed by atoms with van der Waals surface area (Å²) in [5, 5.41) is 9.87. The number of ether oxygens (including phenoxy) is 2. The second-order valence-corrected chi connectivity index (χ2v) is 5.32. The highest BCUT2D eigenvalue weighted by Crippen LogP contribution is 2.28. The van der Waals surface area contributed by atoms with Crippen LogP contribution in [0.5, 0.6) is 11.5 Å². The molecule has 0 aromatic heterocycles. The number of aliphatic hydroxyl groups excluding tert-OH is 1. The van der Waals surface area contributed by atoms with Crippen molar-refractivity contribution in [3.05, 3.63) is 58.7 Å². The lowest BCUT2D eigenvalue weighted by atomic mass is 10.1. The first-order chi connectivity index (χ1) is 10.0. The van der Waals surface area contributed by atoms with E-state index >= 15 is 0 Å². The Kier molecular flexibility index (Phi) is 4.86. The molecule has 0 spiro atoms. The minimum Gasteiger partial charge on any atom is -0.496 e. The van der Waals surface area contributed by atoms with E-state index in [4.69, 9.17) is 9.47 Å². The highest BCUT2D eigenvalue weighted by atomic mass is 16.5. The summed E-state index contributed by atoms with van der Waals surface area (Å²) >= 11 is 0. The molecule has 1 unspecified atom stereocenters. The fourth-order valence-electron chi connectivity index (χ4n) is 2.30. The number of rotatable bonds is 5. The van der Waals surface area contributed by atoms with Gasteiger partial charge in [-0.25, -0.2) is 0 Å². The van der Waals surface area contributed by atoms with Gasteiger partial charge < -0.3 is 14.6 Å². The Labute approximate surface area is 126 Å². The Morgan fingerprint density at radius 1 is 1.00 bits per heavy atom. The molecule has 0 saturated carbocycles. The van der Waals surface area contributed by atoms with Crippen LogP contribution in [0.2, 0.25) is 0 Å². The highest BCUT2D eigenvalue weighted by molar-refractivity contribution is 5.40. The number of hydrogen-bond donors (Lipinski definition) is 1. The first-order valence-electron chi connectivity index (χ1n) is 7.06. The molecule has 0 saturated heterocycles. The fourth-order valence-corrected chi connectivity index (χ4v) is 2.30. The molecule has 0 aliphatic carbocycles. The van der Waals surface area contributed by atoms with Crippen LogP contribution in [0.3, 0.4) is 0 Å². The summed E-state index contributed by atoms with van der Waals surface area (Å²) < 4.78 is 11.3. The van der Waals surface area contributed by atoms with Crippen molar-refractivity contribution in [2.75, 3.05) is 7.11 Å². The molecule has 0 aliphatic heterocycles. The first-order valence-corrected chi connectivity index (χ1v) is 7.06. The summed E-state index contributed by atoms with van der Waals surface area (Å²) in [5.41, 5.74) is 4.07. The van der Waals surface area contributed by atoms with Gasteiger partial charge >= 0.3 is 0 Å². The van der Waals surface area contributed by atoms with Gasteiger partial charge in [-0.1, -0.05) is 23.3 Å². The molecule has 0 amide bonds. The SMILES string of the molecule is COc1ccc(C)cc1COc1ccc(C)cc1C(C)O. The monoisotopic (exact) mass is 286 g/mol. The summed E-state index contributed by atoms with van der Waals surface area (Å²) in [4.78, 5) is 0. The van der Waals surface area contributed by atoms with E-state index in [-0.39, 0.29) is 0 Å². The van der Waals surface area contributed by atoms with Crippen molar-refractivity contribution >= 4 is 0 Å². The van der Waals surface area contributed by atoms with Crippen LogP contribution in [-0.4, -0.2) is 12.2 Å². The third-order valence-electron chi connectivity index (χ3n) is 3.43. The molecule has 0 aliphatic rings. The minimum atomic E-state index is -0.556. The number of methoxy groups -OCH3 is 1. The Morgan fingerprint density at radius 2 is 1.62 bits per heavy atom. The van der Waals surface area contributed by atoms with Crippen molar-refractivity contribution in [2.45, 2.75) is 33.5 Å². The van der Waals surface area contributed by atoms with Crippen LogP contribution in [-0.2, 0) is 6.61 Å². The molecule has 2 aromatic carbocycles. The van der Waals surface area contributed by atoms with Gasteiger partial charge in [0.15, 0.2) is 0 Å². The van der Waals surface area contributed by atoms with Gasteiger partial charge in [0.05, 0.1) is 13.2 Å². The molecule has 0 fully saturated rings. The maximum atomic E-state index is 9.87. The second-order valence-electron chi connectivity index (χ2n) is 5.32. The maximum Gasteiger partial charge on any atom is 0.125 e. The molecule has 3 heteroatoms. The summed E-state index contributed by atoms with van der Waals surface area (Å²) in [7, 11) is 1.65. The van der Waals surface area contributed by atoms with E-state index in [0.29, 0.717) is 12.4 Å². The molecule has 112 valence electrons. The third kappa shape index (κ3) is 3.76. The van der Waals surface area contributed by atoms with Crippen LogP contribution < -0.4 is 9.47 Å². The highest BCUT2D eigenvalue weighted by Gasteiger charge is 2.11. The first kappa shape index (κ1) is 15.4. The lowest BCUT2D eigenvalue weighted by Crippen LogP contribution is -2.03. The maximum absolute atomic E-state index is 9.87. The number of hydrogen-bond acceptors (Lipinski definition) is 3. The quantitative estimate of drug-likeness (QED) is 0.904. The predicted molar refractivity (Wildman–Crippen MR) is 83.9 cm³/mol. The largest absolute Gasteiger partial charge is 0.496 e. The molecule has 0 heterocycles. The lowest BCUT2D eigenvalue weighted by Gasteiger charge is -2.16. The molecule has 2 rings (SSSR count). The van der Waals surface area contributed by atoms with Crippen molar-refractivity contribution in [1.82, 2.24) is 0 Å². The molecular weight excluding hydrogens is 264 g/mol. The van der Waals surface area contributed by atoms with Gasteiger partial charge in [-0.3, -0.25) is 0 Å². The zero-order valence-corrected chi connectivity index (χ0v) is 13.0. The second kappa shape index (κ2) is 6.64. The molecule has 0 bridgehead atoms. The Balaban J connectivity index is 2.22. The van der Waals surface area contributed by atoms with Crippen molar-refractivity contribution in [3.63, 3.8) is 0 Å². The minimum absolute atomic E-state index is 0.410. The molecular formula is C18H22O3. The fraction of sp³-hybridized carbons (Fsp3) is 0.333. The zero-order valence-electron chi connectivity index (χ0n) is 13.0. The van der Waals surface area contributed by atoms with Crippen molar-refractivity contribution in [1.29, 1.82) is 0 Å². The van der Waals surface area contributed by atoms with E-state index in [0.717, 1.165) is 28.0 Å². The summed E-state index contributed by atoms with van der Waals surface area (Å²) in [6.07, 6.45) is -0.556. The van der Waals surface area contributed by atoms with E-state index in [2.05, 4.69) is 6.07 Å². The van der Waals surface area contributed by atoms with Crippen LogP contribution in [0.4, 0.5) is 0 Å². The Hall–Kier alpha value is -2.00. The average molecular weight is 286 g/mol. The number of benzene rings is 2. The standard InChI is InChI=1S/C18H22O3/c1-12-5-7-17(20-4)15(9-12)11-21-18-8-6-13(2)10-16(18)14(3)19/h5-10,14,19H,11H2,1-4H3. The van der Waals surface area contributed by atoms with E-state index in [1.54, 1.807) is 14.0 Å². The van der Waals surface area contributed by atoms with Crippen molar-refractivity contribution < 1.29 is 14.6 Å². The van der Waals surface area contributed by atoms with Crippen molar-refractivity contribution in [2.24, 2.45) is 0 Å². The molecule has 0 radical (unpaired) electrons. The lowest BCUT2D eigenvalue weighted by molar-refractivity contribution is 0.189. The van der Waals surface area contributed by atoms with Gasteiger partial charge in [0, 0.05) is 11.1 Å². The van der Waals surface area contributed by atoms with Crippen LogP contribution >= 0.6 is 0 Å². The van der Waals surface area contributed by atoms with Gasteiger partial charge in [0.1, 0.15) is 18.1 Å². The Bertz CT molecular complexity index is 618. The van der Waals surface area contributed by atoms with Crippen LogP contribution in [0.1, 0.15) is 35.3 Å². The summed E-state index contributed by atoms with van der Waals surface area (Å²) in [6, 6.07) is 11.8. The van der Waals surface area contributed by atoms with Gasteiger partial charge in [-0.2, -0.15) is 0 Å². The smallest absolute Gasteiger partial charge is 0.125 e. The van der Waals surface area contributed by atoms with E-state index in [1.807, 2.05) is 44.2 Å². The zero-order chi connectivity index (χ0) is 15.4. The average Bonchev–Trinajstić information content (AvgIpc) is 2.46. The van der Waals surface area contributed by atoms with E-state index in [9.17, 15) is 5.11 Å². The van der Waals surface area contributed by atoms with Crippen LogP contribution in [0.25, 0.3) is 0 Å². The van der Waals surface area contributed by atoms with Gasteiger partial charge in [0.2, 0.25) is 0 Å². The summed E-state index contributed by atoms with van der Waals surface area (Å²) in [6.45, 7) is 6.19. The summed E-state index contributed by atoms with van der Waals surface area (Å²) in [5.74, 6) is 1.52. The van der Waals surface area contributed by atoms with Crippen LogP contribution in [0.15, 0.2) is 36.4 Å². The van der Waals surface area contributed by atoms with Gasteiger partial charge in [0.25, 0.3) is 0 Å². The van der Waals surface area contributed by atoms with E-state index in [1.165, 1.54) is 0 Å². The number of aliphatic hydroxyl groups is 1. The van der Waals surface area contributed by atoms with Crippen molar-refractivity contribution in [3.8, 4) is 11.5 Å².